The van der Waals surface area contributed by atoms with Crippen LogP contribution in [0.4, 0.5) is 11.4 Å². The van der Waals surface area contributed by atoms with Crippen LogP contribution in [0.3, 0.4) is 0 Å². The van der Waals surface area contributed by atoms with Gasteiger partial charge in [-0.05, 0) is 43.3 Å². The number of anilines is 2. The minimum Gasteiger partial charge on any atom is -0.462 e. The molecule has 8 heteroatoms. The van der Waals surface area contributed by atoms with Crippen LogP contribution in [0, 0.1) is 0 Å². The van der Waals surface area contributed by atoms with E-state index < -0.39 is 17.8 Å². The van der Waals surface area contributed by atoms with Gasteiger partial charge in [0.15, 0.2) is 0 Å². The van der Waals surface area contributed by atoms with Crippen LogP contribution in [-0.4, -0.2) is 24.4 Å². The zero-order valence-electron chi connectivity index (χ0n) is 13.1. The zero-order chi connectivity index (χ0) is 18.4. The first-order valence-corrected chi connectivity index (χ1v) is 8.01. The number of halogens is 2. The first kappa shape index (κ1) is 18.8. The van der Waals surface area contributed by atoms with Crippen LogP contribution in [0.1, 0.15) is 17.3 Å². The highest BCUT2D eigenvalue weighted by atomic mass is 35.5. The van der Waals surface area contributed by atoms with E-state index in [1.165, 1.54) is 36.4 Å². The zero-order valence-corrected chi connectivity index (χ0v) is 14.6. The molecule has 2 rings (SSSR count). The summed E-state index contributed by atoms with van der Waals surface area (Å²) >= 11 is 11.9. The van der Waals surface area contributed by atoms with Gasteiger partial charge in [0.05, 0.1) is 27.9 Å². The third-order valence-electron chi connectivity index (χ3n) is 3.06. The fourth-order valence-electron chi connectivity index (χ4n) is 1.88. The Bertz CT molecular complexity index is 787. The summed E-state index contributed by atoms with van der Waals surface area (Å²) in [6, 6.07) is 10.6. The number of para-hydroxylation sites is 1. The van der Waals surface area contributed by atoms with Crippen LogP contribution in [0.2, 0.25) is 10.0 Å². The second-order valence-corrected chi connectivity index (χ2v) is 5.62. The van der Waals surface area contributed by atoms with Gasteiger partial charge in [-0.3, -0.25) is 9.59 Å². The van der Waals surface area contributed by atoms with Gasteiger partial charge >= 0.3 is 17.8 Å². The number of hydrogen-bond acceptors (Lipinski definition) is 4. The van der Waals surface area contributed by atoms with E-state index >= 15 is 0 Å². The van der Waals surface area contributed by atoms with Crippen LogP contribution >= 0.6 is 23.2 Å². The summed E-state index contributed by atoms with van der Waals surface area (Å²) in [5.41, 5.74) is 0.842. The Kier molecular flexibility index (Phi) is 6.38. The monoisotopic (exact) mass is 380 g/mol. The maximum absolute atomic E-state index is 12.0. The molecule has 2 amide bonds. The molecule has 0 saturated heterocycles. The van der Waals surface area contributed by atoms with E-state index in [-0.39, 0.29) is 22.3 Å². The molecule has 0 radical (unpaired) electrons. The Morgan fingerprint density at radius 3 is 2.04 bits per heavy atom. The fourth-order valence-corrected chi connectivity index (χ4v) is 2.37. The van der Waals surface area contributed by atoms with Crippen molar-refractivity contribution in [2.45, 2.75) is 6.92 Å². The van der Waals surface area contributed by atoms with Crippen molar-refractivity contribution in [1.29, 1.82) is 0 Å². The average molecular weight is 381 g/mol. The van der Waals surface area contributed by atoms with Crippen molar-refractivity contribution in [3.05, 3.63) is 58.1 Å². The SMILES string of the molecule is CCOC(=O)c1ccc(NC(=O)C(=O)Nc2c(Cl)cccc2Cl)cc1. The Morgan fingerprint density at radius 1 is 0.920 bits per heavy atom. The second kappa shape index (κ2) is 8.50. The topological polar surface area (TPSA) is 84.5 Å². The number of nitrogens with one attached hydrogen (secondary N) is 2. The van der Waals surface area contributed by atoms with E-state index in [1.807, 2.05) is 0 Å². The molecule has 0 atom stereocenters. The molecule has 25 heavy (non-hydrogen) atoms. The second-order valence-electron chi connectivity index (χ2n) is 4.80. The van der Waals surface area contributed by atoms with Crippen LogP contribution < -0.4 is 10.6 Å². The van der Waals surface area contributed by atoms with Crippen molar-refractivity contribution in [3.63, 3.8) is 0 Å². The molecule has 0 aromatic heterocycles. The summed E-state index contributed by atoms with van der Waals surface area (Å²) < 4.78 is 4.86. The minimum atomic E-state index is -0.926. The lowest BCUT2D eigenvalue weighted by Gasteiger charge is -2.09. The van der Waals surface area contributed by atoms with Gasteiger partial charge in [-0.25, -0.2) is 4.79 Å². The largest absolute Gasteiger partial charge is 0.462 e. The number of esters is 1. The van der Waals surface area contributed by atoms with Gasteiger partial charge < -0.3 is 15.4 Å². The lowest BCUT2D eigenvalue weighted by atomic mass is 10.2. The summed E-state index contributed by atoms with van der Waals surface area (Å²) in [4.78, 5) is 35.5. The number of ether oxygens (including phenoxy) is 1. The van der Waals surface area contributed by atoms with E-state index in [4.69, 9.17) is 27.9 Å². The smallest absolute Gasteiger partial charge is 0.338 e. The summed E-state index contributed by atoms with van der Waals surface area (Å²) in [5.74, 6) is -2.30. The maximum atomic E-state index is 12.0. The number of benzene rings is 2. The van der Waals surface area contributed by atoms with E-state index in [1.54, 1.807) is 13.0 Å². The molecular weight excluding hydrogens is 367 g/mol. The number of carbonyl (C=O) groups is 3. The van der Waals surface area contributed by atoms with E-state index in [0.29, 0.717) is 11.3 Å². The van der Waals surface area contributed by atoms with Crippen LogP contribution in [0.15, 0.2) is 42.5 Å². The maximum Gasteiger partial charge on any atom is 0.338 e. The predicted molar refractivity (Wildman–Crippen MR) is 96.1 cm³/mol. The highest BCUT2D eigenvalue weighted by Gasteiger charge is 2.17. The minimum absolute atomic E-state index is 0.156. The molecule has 2 N–H and O–H groups in total. The summed E-state index contributed by atoms with van der Waals surface area (Å²) in [6.45, 7) is 1.97. The normalized spacial score (nSPS) is 10.0. The van der Waals surface area contributed by atoms with Crippen LogP contribution in [0.25, 0.3) is 0 Å². The van der Waals surface area contributed by atoms with E-state index in [2.05, 4.69) is 10.6 Å². The first-order valence-electron chi connectivity index (χ1n) is 7.26. The van der Waals surface area contributed by atoms with Crippen molar-refractivity contribution in [3.8, 4) is 0 Å². The van der Waals surface area contributed by atoms with Crippen molar-refractivity contribution >= 4 is 52.4 Å². The van der Waals surface area contributed by atoms with Crippen molar-refractivity contribution in [2.75, 3.05) is 17.2 Å². The van der Waals surface area contributed by atoms with Crippen LogP contribution in [-0.2, 0) is 14.3 Å². The van der Waals surface area contributed by atoms with Crippen molar-refractivity contribution in [1.82, 2.24) is 0 Å². The molecular formula is C17H14Cl2N2O4. The standard InChI is InChI=1S/C17H14Cl2N2O4/c1-2-25-17(24)10-6-8-11(9-7-10)20-15(22)16(23)21-14-12(18)4-3-5-13(14)19/h3-9H,2H2,1H3,(H,20,22)(H,21,23). The highest BCUT2D eigenvalue weighted by Crippen LogP contribution is 2.29. The molecule has 2 aromatic carbocycles. The molecule has 2 aromatic rings. The third kappa shape index (κ3) is 4.95. The lowest BCUT2D eigenvalue weighted by molar-refractivity contribution is -0.132. The Balaban J connectivity index is 2.01. The Morgan fingerprint density at radius 2 is 1.48 bits per heavy atom. The molecule has 0 spiro atoms. The molecule has 0 unspecified atom stereocenters. The lowest BCUT2D eigenvalue weighted by Crippen LogP contribution is -2.29. The molecule has 0 aliphatic heterocycles. The Hall–Kier alpha value is -2.57. The average Bonchev–Trinajstić information content (AvgIpc) is 2.59. The van der Waals surface area contributed by atoms with Gasteiger partial charge in [0.25, 0.3) is 0 Å². The van der Waals surface area contributed by atoms with Crippen LogP contribution in [0.5, 0.6) is 0 Å². The van der Waals surface area contributed by atoms with Gasteiger partial charge in [-0.2, -0.15) is 0 Å². The van der Waals surface area contributed by atoms with Gasteiger partial charge in [0.1, 0.15) is 0 Å². The van der Waals surface area contributed by atoms with Gasteiger partial charge in [0.2, 0.25) is 0 Å². The predicted octanol–water partition coefficient (Wildman–Crippen LogP) is 3.75. The molecule has 6 nitrogen and oxygen atoms in total. The van der Waals surface area contributed by atoms with E-state index in [9.17, 15) is 14.4 Å². The van der Waals surface area contributed by atoms with Gasteiger partial charge in [0, 0.05) is 5.69 Å². The quantitative estimate of drug-likeness (QED) is 0.624. The number of amides is 2. The highest BCUT2D eigenvalue weighted by molar-refractivity contribution is 6.46. The van der Waals surface area contributed by atoms with E-state index in [0.717, 1.165) is 0 Å². The molecule has 0 bridgehead atoms. The molecule has 0 aliphatic rings. The number of carbonyl (C=O) groups excluding carboxylic acids is 3. The third-order valence-corrected chi connectivity index (χ3v) is 3.69. The van der Waals surface area contributed by atoms with Gasteiger partial charge in [-0.15, -0.1) is 0 Å². The fraction of sp³-hybridized carbons (Fsp3) is 0.118. The number of rotatable bonds is 4. The first-order chi connectivity index (χ1) is 11.9. The molecule has 0 heterocycles. The van der Waals surface area contributed by atoms with Crippen molar-refractivity contribution in [2.24, 2.45) is 0 Å². The number of hydrogen-bond donors (Lipinski definition) is 2. The molecule has 130 valence electrons. The summed E-state index contributed by atoms with van der Waals surface area (Å²) in [7, 11) is 0. The Labute approximate surface area is 154 Å². The van der Waals surface area contributed by atoms with Crippen molar-refractivity contribution < 1.29 is 19.1 Å². The summed E-state index contributed by atoms with van der Waals surface area (Å²) in [5, 5.41) is 5.20. The summed E-state index contributed by atoms with van der Waals surface area (Å²) in [6.07, 6.45) is 0. The van der Waals surface area contributed by atoms with Gasteiger partial charge in [-0.1, -0.05) is 29.3 Å². The molecule has 0 aliphatic carbocycles. The molecule has 0 fully saturated rings. The molecule has 0 saturated carbocycles.